The highest BCUT2D eigenvalue weighted by Crippen LogP contribution is 2.38. The minimum absolute atomic E-state index is 0.0745. The molecule has 14 nitrogen and oxygen atoms in total. The van der Waals surface area contributed by atoms with Crippen LogP contribution < -0.4 is 51.7 Å². The molecule has 2 atom stereocenters. The Balaban J connectivity index is 0.674. The lowest BCUT2D eigenvalue weighted by Gasteiger charge is -2.26. The van der Waals surface area contributed by atoms with Crippen LogP contribution in [0.1, 0.15) is 110 Å². The molecule has 0 heterocycles. The standard InChI is InChI=1S/C81H82N6O8/c1-9-56-46-54(43-52(3)78(56)86-76(90)48-66(50-88)84-64-23-39-74(40-24-64)94-70-31-15-60(16-32-70)80(5,6)58-11-27-68(28-12-58)92-72-35-19-62(82)20-36-72)45-55-44-53(4)79(57(10-2)47-55)87-77(91)49-67(51-89)85-65-25-41-75(42-26-65)95-71-33-17-61(18-34-71)81(7,8)59-13-29-69(30-14-59)93-73-37-21-63(83)22-38-73/h11-44,46-47,50-51,66-67,84-85H,9-10,45,48-49,82-83H2,1-8H3,(H,86,90)(H,87,91). The van der Waals surface area contributed by atoms with Gasteiger partial charge in [-0.3, -0.25) is 9.59 Å². The van der Waals surface area contributed by atoms with E-state index < -0.39 is 12.1 Å². The van der Waals surface area contributed by atoms with E-state index in [1.54, 1.807) is 0 Å². The van der Waals surface area contributed by atoms with Crippen LogP contribution in [-0.2, 0) is 49.3 Å². The second-order valence-electron chi connectivity index (χ2n) is 25.0. The largest absolute Gasteiger partial charge is 0.457 e. The minimum atomic E-state index is -0.774. The van der Waals surface area contributed by atoms with E-state index in [2.05, 4.69) is 136 Å². The summed E-state index contributed by atoms with van der Waals surface area (Å²) in [7, 11) is 0. The van der Waals surface area contributed by atoms with Crippen LogP contribution in [-0.4, -0.2) is 36.5 Å². The third-order valence-electron chi connectivity index (χ3n) is 17.2. The van der Waals surface area contributed by atoms with Gasteiger partial charge < -0.3 is 61.3 Å². The molecule has 8 N–H and O–H groups in total. The molecule has 0 saturated carbocycles. The number of aldehydes is 2. The van der Waals surface area contributed by atoms with Crippen LogP contribution in [0.25, 0.3) is 0 Å². The summed E-state index contributed by atoms with van der Waals surface area (Å²) >= 11 is 0. The van der Waals surface area contributed by atoms with Gasteiger partial charge >= 0.3 is 0 Å². The van der Waals surface area contributed by atoms with Crippen LogP contribution in [0.4, 0.5) is 34.1 Å². The predicted molar refractivity (Wildman–Crippen MR) is 382 cm³/mol. The normalized spacial score (nSPS) is 12.0. The maximum absolute atomic E-state index is 13.6. The maximum Gasteiger partial charge on any atom is 0.226 e. The van der Waals surface area contributed by atoms with Gasteiger partial charge in [-0.1, -0.05) is 114 Å². The number of hydrogen-bond acceptors (Lipinski definition) is 12. The fourth-order valence-corrected chi connectivity index (χ4v) is 11.7. The molecule has 0 radical (unpaired) electrons. The Hall–Kier alpha value is -11.1. The SMILES string of the molecule is CCc1cc(Cc2cc(C)c(NC(=O)CC(C=O)Nc3ccc(Oc4ccc(C(C)(C)c5ccc(Oc6ccc(N)cc6)cc5)cc4)cc3)c(CC)c2)cc(C)c1NC(=O)CC(C=O)Nc1ccc(Oc2ccc(C(C)(C)c3ccc(Oc4ccc(N)cc4)cc3)cc2)cc1. The Morgan fingerprint density at radius 2 is 0.653 bits per heavy atom. The summed E-state index contributed by atoms with van der Waals surface area (Å²) in [5.41, 5.74) is 25.7. The summed E-state index contributed by atoms with van der Waals surface area (Å²) in [6, 6.07) is 68.3. The third-order valence-corrected chi connectivity index (χ3v) is 17.2. The minimum Gasteiger partial charge on any atom is -0.457 e. The Kier molecular flexibility index (Phi) is 21.2. The molecule has 10 aromatic rings. The molecule has 0 saturated heterocycles. The molecule has 0 aliphatic rings. The van der Waals surface area contributed by atoms with Crippen molar-refractivity contribution in [1.82, 2.24) is 0 Å². The zero-order chi connectivity index (χ0) is 67.2. The first-order valence-electron chi connectivity index (χ1n) is 32.1. The fraction of sp³-hybridized carbons (Fsp3) is 0.210. The van der Waals surface area contributed by atoms with Gasteiger partial charge in [0, 0.05) is 45.0 Å². The van der Waals surface area contributed by atoms with Crippen LogP contribution >= 0.6 is 0 Å². The average Bonchev–Trinajstić information content (AvgIpc) is 0.884. The van der Waals surface area contributed by atoms with E-state index in [0.29, 0.717) is 65.0 Å². The molecule has 0 aromatic heterocycles. The molecule has 0 fully saturated rings. The Morgan fingerprint density at radius 1 is 0.400 bits per heavy atom. The van der Waals surface area contributed by atoms with Gasteiger partial charge in [-0.15, -0.1) is 0 Å². The average molecular weight is 1270 g/mol. The molecule has 0 aliphatic carbocycles. The van der Waals surface area contributed by atoms with E-state index in [9.17, 15) is 19.2 Å². The van der Waals surface area contributed by atoms with Crippen molar-refractivity contribution in [2.24, 2.45) is 0 Å². The summed E-state index contributed by atoms with van der Waals surface area (Å²) in [6.07, 6.45) is 3.32. The van der Waals surface area contributed by atoms with E-state index in [1.165, 1.54) is 0 Å². The van der Waals surface area contributed by atoms with Crippen molar-refractivity contribution < 1.29 is 38.1 Å². The zero-order valence-corrected chi connectivity index (χ0v) is 55.1. The number of ether oxygens (including phenoxy) is 4. The van der Waals surface area contributed by atoms with Gasteiger partial charge in [0.15, 0.2) is 0 Å². The molecule has 2 unspecified atom stereocenters. The molecule has 484 valence electrons. The number of hydrogen-bond donors (Lipinski definition) is 6. The van der Waals surface area contributed by atoms with Crippen molar-refractivity contribution >= 4 is 58.5 Å². The summed E-state index contributed by atoms with van der Waals surface area (Å²) in [5, 5.41) is 12.6. The van der Waals surface area contributed by atoms with Crippen molar-refractivity contribution in [3.8, 4) is 46.0 Å². The molecular weight excluding hydrogens is 1180 g/mol. The van der Waals surface area contributed by atoms with Crippen LogP contribution in [0.15, 0.2) is 218 Å². The molecule has 14 heteroatoms. The second-order valence-corrected chi connectivity index (χ2v) is 25.0. The molecule has 2 amide bonds. The lowest BCUT2D eigenvalue weighted by Crippen LogP contribution is -2.28. The van der Waals surface area contributed by atoms with Crippen LogP contribution in [0.2, 0.25) is 0 Å². The topological polar surface area (TPSA) is 205 Å². The number of nitrogens with one attached hydrogen (secondary N) is 4. The molecule has 0 spiro atoms. The molecule has 0 bridgehead atoms. The van der Waals surface area contributed by atoms with Crippen molar-refractivity contribution in [3.05, 3.63) is 274 Å². The van der Waals surface area contributed by atoms with E-state index >= 15 is 0 Å². The molecule has 10 aromatic carbocycles. The van der Waals surface area contributed by atoms with Gasteiger partial charge in [-0.25, -0.2) is 0 Å². The van der Waals surface area contributed by atoms with E-state index in [1.807, 2.05) is 159 Å². The Morgan fingerprint density at radius 3 is 0.905 bits per heavy atom. The maximum atomic E-state index is 13.6. The summed E-state index contributed by atoms with van der Waals surface area (Å²) < 4.78 is 24.4. The van der Waals surface area contributed by atoms with Crippen molar-refractivity contribution in [2.45, 2.75) is 110 Å². The van der Waals surface area contributed by atoms with Crippen molar-refractivity contribution in [3.63, 3.8) is 0 Å². The van der Waals surface area contributed by atoms with Gasteiger partial charge in [-0.05, 0) is 234 Å². The van der Waals surface area contributed by atoms with Crippen molar-refractivity contribution in [2.75, 3.05) is 32.7 Å². The van der Waals surface area contributed by atoms with Gasteiger partial charge in [0.1, 0.15) is 58.6 Å². The van der Waals surface area contributed by atoms with Crippen LogP contribution in [0, 0.1) is 13.8 Å². The van der Waals surface area contributed by atoms with Crippen LogP contribution in [0.3, 0.4) is 0 Å². The first-order valence-corrected chi connectivity index (χ1v) is 32.1. The number of aryl methyl sites for hydroxylation is 4. The predicted octanol–water partition coefficient (Wildman–Crippen LogP) is 18.0. The van der Waals surface area contributed by atoms with E-state index in [-0.39, 0.29) is 35.5 Å². The summed E-state index contributed by atoms with van der Waals surface area (Å²) in [4.78, 5) is 51.9. The van der Waals surface area contributed by atoms with Gasteiger partial charge in [0.25, 0.3) is 0 Å². The third kappa shape index (κ3) is 17.3. The molecule has 95 heavy (non-hydrogen) atoms. The van der Waals surface area contributed by atoms with E-state index in [4.69, 9.17) is 30.4 Å². The highest BCUT2D eigenvalue weighted by molar-refractivity contribution is 5.96. The fourth-order valence-electron chi connectivity index (χ4n) is 11.7. The van der Waals surface area contributed by atoms with Crippen LogP contribution in [0.5, 0.6) is 46.0 Å². The monoisotopic (exact) mass is 1270 g/mol. The lowest BCUT2D eigenvalue weighted by molar-refractivity contribution is -0.118. The first-order chi connectivity index (χ1) is 45.7. The highest BCUT2D eigenvalue weighted by atomic mass is 16.5. The number of amides is 2. The highest BCUT2D eigenvalue weighted by Gasteiger charge is 2.26. The molecular formula is C81H82N6O8. The number of rotatable bonds is 28. The Bertz CT molecular complexity index is 3990. The molecule has 0 aliphatic heterocycles. The number of nitrogen functional groups attached to an aromatic ring is 2. The number of benzene rings is 10. The summed E-state index contributed by atoms with van der Waals surface area (Å²) in [5.74, 6) is 4.95. The number of nitrogens with two attached hydrogens (primary N) is 2. The summed E-state index contributed by atoms with van der Waals surface area (Å²) in [6.45, 7) is 16.8. The van der Waals surface area contributed by atoms with Gasteiger partial charge in [0.05, 0.1) is 24.9 Å². The lowest BCUT2D eigenvalue weighted by atomic mass is 9.78. The number of anilines is 6. The van der Waals surface area contributed by atoms with E-state index in [0.717, 1.165) is 103 Å². The molecule has 10 rings (SSSR count). The smallest absolute Gasteiger partial charge is 0.226 e. The zero-order valence-electron chi connectivity index (χ0n) is 55.1. The number of carbonyl (C=O) groups is 4. The quantitative estimate of drug-likeness (QED) is 0.0200. The van der Waals surface area contributed by atoms with Crippen molar-refractivity contribution in [1.29, 1.82) is 0 Å². The first kappa shape index (κ1) is 66.8. The van der Waals surface area contributed by atoms with Gasteiger partial charge in [-0.2, -0.15) is 0 Å². The number of carbonyl (C=O) groups excluding carboxylic acids is 4. The second kappa shape index (κ2) is 30.1. The Labute approximate surface area is 557 Å². The van der Waals surface area contributed by atoms with Gasteiger partial charge in [0.2, 0.25) is 11.8 Å².